The van der Waals surface area contributed by atoms with Crippen LogP contribution in [0.2, 0.25) is 0 Å². The minimum atomic E-state index is 0.344. The van der Waals surface area contributed by atoms with E-state index in [1.807, 2.05) is 0 Å². The van der Waals surface area contributed by atoms with Crippen LogP contribution in [0.3, 0.4) is 0 Å². The van der Waals surface area contributed by atoms with Crippen molar-refractivity contribution in [2.24, 2.45) is 23.6 Å². The predicted octanol–water partition coefficient (Wildman–Crippen LogP) is 3.63. The molecule has 3 heteroatoms. The van der Waals surface area contributed by atoms with Crippen LogP contribution in [0.25, 0.3) is 0 Å². The summed E-state index contributed by atoms with van der Waals surface area (Å²) in [5.41, 5.74) is 5.84. The highest BCUT2D eigenvalue weighted by molar-refractivity contribution is 7.08. The molecule has 3 N–H and O–H groups in total. The van der Waals surface area contributed by atoms with E-state index in [-0.39, 0.29) is 0 Å². The third-order valence-electron chi connectivity index (χ3n) is 4.52. The fourth-order valence-electron chi connectivity index (χ4n) is 3.06. The molecule has 1 saturated carbocycles. The average Bonchev–Trinajstić information content (AvgIpc) is 2.71. The number of nitrogens with two attached hydrogens (primary N) is 1. The highest BCUT2D eigenvalue weighted by Crippen LogP contribution is 2.40. The summed E-state index contributed by atoms with van der Waals surface area (Å²) in [6.07, 6.45) is 3.94. The Labute approximate surface area is 109 Å². The monoisotopic (exact) mass is 252 g/mol. The molecule has 0 amide bonds. The van der Waals surface area contributed by atoms with Crippen molar-refractivity contribution in [1.82, 2.24) is 5.43 Å². The molecule has 1 aliphatic rings. The second kappa shape index (κ2) is 5.51. The normalized spacial score (nSPS) is 31.4. The first-order valence-corrected chi connectivity index (χ1v) is 7.56. The van der Waals surface area contributed by atoms with Crippen molar-refractivity contribution >= 4 is 11.3 Å². The van der Waals surface area contributed by atoms with E-state index in [0.29, 0.717) is 12.0 Å². The third kappa shape index (κ3) is 2.72. The van der Waals surface area contributed by atoms with Crippen molar-refractivity contribution < 1.29 is 0 Å². The van der Waals surface area contributed by atoms with E-state index in [2.05, 4.69) is 37.0 Å². The fourth-order valence-corrected chi connectivity index (χ4v) is 3.95. The minimum Gasteiger partial charge on any atom is -0.271 e. The Morgan fingerprint density at radius 3 is 2.59 bits per heavy atom. The maximum Gasteiger partial charge on any atom is 0.0499 e. The Bertz CT molecular complexity index is 361. The Balaban J connectivity index is 2.12. The van der Waals surface area contributed by atoms with Crippen LogP contribution >= 0.6 is 11.3 Å². The molecule has 0 spiro atoms. The van der Waals surface area contributed by atoms with Gasteiger partial charge >= 0.3 is 0 Å². The van der Waals surface area contributed by atoms with Crippen LogP contribution in [0, 0.1) is 24.7 Å². The van der Waals surface area contributed by atoms with Gasteiger partial charge in [0.15, 0.2) is 0 Å². The van der Waals surface area contributed by atoms with E-state index < -0.39 is 0 Å². The molecular formula is C14H24N2S. The topological polar surface area (TPSA) is 38.0 Å². The first kappa shape index (κ1) is 13.1. The van der Waals surface area contributed by atoms with Gasteiger partial charge in [0.1, 0.15) is 0 Å². The highest BCUT2D eigenvalue weighted by atomic mass is 32.1. The molecule has 4 atom stereocenters. The molecule has 1 fully saturated rings. The van der Waals surface area contributed by atoms with Crippen LogP contribution in [0.1, 0.15) is 50.3 Å². The van der Waals surface area contributed by atoms with E-state index in [1.165, 1.54) is 30.4 Å². The summed E-state index contributed by atoms with van der Waals surface area (Å²) in [6, 6.07) is 0.344. The van der Waals surface area contributed by atoms with Crippen molar-refractivity contribution in [3.63, 3.8) is 0 Å². The van der Waals surface area contributed by atoms with Gasteiger partial charge in [0.05, 0.1) is 0 Å². The van der Waals surface area contributed by atoms with Gasteiger partial charge in [0.25, 0.3) is 0 Å². The van der Waals surface area contributed by atoms with Gasteiger partial charge in [-0.1, -0.05) is 20.3 Å². The first-order valence-electron chi connectivity index (χ1n) is 6.62. The van der Waals surface area contributed by atoms with Gasteiger partial charge in [0.2, 0.25) is 0 Å². The van der Waals surface area contributed by atoms with Gasteiger partial charge in [-0.25, -0.2) is 0 Å². The average molecular weight is 252 g/mol. The molecule has 96 valence electrons. The van der Waals surface area contributed by atoms with Crippen molar-refractivity contribution in [1.29, 1.82) is 0 Å². The van der Waals surface area contributed by atoms with Gasteiger partial charge < -0.3 is 0 Å². The zero-order chi connectivity index (χ0) is 12.4. The maximum atomic E-state index is 5.80. The van der Waals surface area contributed by atoms with Gasteiger partial charge in [-0.15, -0.1) is 0 Å². The molecule has 0 radical (unpaired) electrons. The summed E-state index contributed by atoms with van der Waals surface area (Å²) in [6.45, 7) is 6.94. The van der Waals surface area contributed by atoms with Gasteiger partial charge in [0, 0.05) is 6.04 Å². The molecule has 2 nitrogen and oxygen atoms in total. The summed E-state index contributed by atoms with van der Waals surface area (Å²) >= 11 is 1.78. The number of rotatable bonds is 3. The molecular weight excluding hydrogens is 228 g/mol. The number of hydrazine groups is 1. The van der Waals surface area contributed by atoms with Crippen LogP contribution < -0.4 is 11.3 Å². The van der Waals surface area contributed by atoms with Crippen LogP contribution in [-0.2, 0) is 0 Å². The van der Waals surface area contributed by atoms with Crippen LogP contribution in [-0.4, -0.2) is 0 Å². The van der Waals surface area contributed by atoms with Crippen molar-refractivity contribution in [3.05, 3.63) is 21.9 Å². The van der Waals surface area contributed by atoms with Crippen LogP contribution in [0.15, 0.2) is 10.8 Å². The molecule has 0 aromatic carbocycles. The summed E-state index contributed by atoms with van der Waals surface area (Å²) < 4.78 is 0. The Kier molecular flexibility index (Phi) is 4.23. The zero-order valence-electron chi connectivity index (χ0n) is 11.1. The second-order valence-corrected chi connectivity index (χ2v) is 6.43. The van der Waals surface area contributed by atoms with Crippen LogP contribution in [0.5, 0.6) is 0 Å². The molecule has 4 unspecified atom stereocenters. The van der Waals surface area contributed by atoms with E-state index in [4.69, 9.17) is 5.84 Å². The molecule has 1 aromatic rings. The lowest BCUT2D eigenvalue weighted by Crippen LogP contribution is -2.37. The molecule has 0 aliphatic heterocycles. The number of nitrogens with one attached hydrogen (secondary N) is 1. The van der Waals surface area contributed by atoms with E-state index >= 15 is 0 Å². The quantitative estimate of drug-likeness (QED) is 0.637. The molecule has 1 aliphatic carbocycles. The number of thiophene rings is 1. The largest absolute Gasteiger partial charge is 0.271 e. The standard InChI is InChI=1S/C14H24N2S/c1-9-4-5-12(6-10(9)2)14(16-15)13-8-17-7-11(13)3/h7-10,12,14,16H,4-6,15H2,1-3H3. The number of hydrogen-bond acceptors (Lipinski definition) is 3. The van der Waals surface area contributed by atoms with E-state index in [1.54, 1.807) is 11.3 Å². The molecule has 2 rings (SSSR count). The fraction of sp³-hybridized carbons (Fsp3) is 0.714. The number of aryl methyl sites for hydroxylation is 1. The highest BCUT2D eigenvalue weighted by Gasteiger charge is 2.31. The van der Waals surface area contributed by atoms with Crippen LogP contribution in [0.4, 0.5) is 0 Å². The smallest absolute Gasteiger partial charge is 0.0499 e. The third-order valence-corrected chi connectivity index (χ3v) is 5.40. The second-order valence-electron chi connectivity index (χ2n) is 5.68. The predicted molar refractivity (Wildman–Crippen MR) is 74.8 cm³/mol. The van der Waals surface area contributed by atoms with Crippen molar-refractivity contribution in [2.45, 2.75) is 46.1 Å². The van der Waals surface area contributed by atoms with Gasteiger partial charge in [-0.3, -0.25) is 11.3 Å². The van der Waals surface area contributed by atoms with Crippen molar-refractivity contribution in [2.75, 3.05) is 0 Å². The Morgan fingerprint density at radius 1 is 1.29 bits per heavy atom. The van der Waals surface area contributed by atoms with E-state index in [0.717, 1.165) is 11.8 Å². The maximum absolute atomic E-state index is 5.80. The first-order chi connectivity index (χ1) is 8.13. The van der Waals surface area contributed by atoms with E-state index in [9.17, 15) is 0 Å². The summed E-state index contributed by atoms with van der Waals surface area (Å²) in [7, 11) is 0. The van der Waals surface area contributed by atoms with Crippen molar-refractivity contribution in [3.8, 4) is 0 Å². The zero-order valence-corrected chi connectivity index (χ0v) is 11.9. The molecule has 0 bridgehead atoms. The number of hydrogen-bond donors (Lipinski definition) is 2. The Hall–Kier alpha value is -0.380. The lowest BCUT2D eigenvalue weighted by atomic mass is 9.72. The molecule has 1 aromatic heterocycles. The van der Waals surface area contributed by atoms with Gasteiger partial charge in [-0.05, 0) is 59.4 Å². The lowest BCUT2D eigenvalue weighted by Gasteiger charge is -2.36. The molecule has 0 saturated heterocycles. The lowest BCUT2D eigenvalue weighted by molar-refractivity contribution is 0.171. The SMILES string of the molecule is Cc1cscc1C(NN)C1CCC(C)C(C)C1. The molecule has 1 heterocycles. The Morgan fingerprint density at radius 2 is 2.06 bits per heavy atom. The minimum absolute atomic E-state index is 0.344. The molecule has 17 heavy (non-hydrogen) atoms. The summed E-state index contributed by atoms with van der Waals surface area (Å²) in [4.78, 5) is 0. The summed E-state index contributed by atoms with van der Waals surface area (Å²) in [5, 5.41) is 4.47. The summed E-state index contributed by atoms with van der Waals surface area (Å²) in [5.74, 6) is 8.18. The van der Waals surface area contributed by atoms with Gasteiger partial charge in [-0.2, -0.15) is 11.3 Å².